The first-order valence-corrected chi connectivity index (χ1v) is 15.1. The molecule has 0 heterocycles. The van der Waals surface area contributed by atoms with Crippen molar-refractivity contribution in [3.63, 3.8) is 0 Å². The fraction of sp³-hybridized carbons (Fsp3) is 0.375. The minimum atomic E-state index is -4.87. The summed E-state index contributed by atoms with van der Waals surface area (Å²) in [6.07, 6.45) is -6.94. The molecule has 3 rings (SSSR count). The maximum atomic E-state index is 13.5. The van der Waals surface area contributed by atoms with Gasteiger partial charge in [0.05, 0.1) is 18.7 Å². The van der Waals surface area contributed by atoms with Gasteiger partial charge in [-0.1, -0.05) is 50.2 Å². The number of nitrogen functional groups attached to an aromatic ring is 1. The molecule has 0 aliphatic carbocycles. The largest absolute Gasteiger partial charge is 0.573 e. The van der Waals surface area contributed by atoms with Gasteiger partial charge in [0.15, 0.2) is 6.10 Å². The monoisotopic (exact) mass is 648 g/mol. The predicted molar refractivity (Wildman–Crippen MR) is 169 cm³/mol. The third-order valence-corrected chi connectivity index (χ3v) is 7.65. The Morgan fingerprint density at radius 1 is 1.02 bits per heavy atom. The lowest BCUT2D eigenvalue weighted by molar-refractivity contribution is -0.274. The van der Waals surface area contributed by atoms with Crippen LogP contribution in [0.2, 0.25) is 0 Å². The Hall–Kier alpha value is -3.94. The average Bonchev–Trinajstić information content (AvgIpc) is 2.97. The van der Waals surface area contributed by atoms with Gasteiger partial charge < -0.3 is 30.5 Å². The number of rotatable bonds is 17. The lowest BCUT2D eigenvalue weighted by Crippen LogP contribution is -2.53. The number of carbonyl (C=O) groups is 2. The van der Waals surface area contributed by atoms with E-state index in [1.165, 1.54) is 36.0 Å². The van der Waals surface area contributed by atoms with Crippen molar-refractivity contribution in [1.82, 2.24) is 9.62 Å². The summed E-state index contributed by atoms with van der Waals surface area (Å²) in [6.45, 7) is 4.94. The second-order valence-corrected chi connectivity index (χ2v) is 12.1. The topological polar surface area (TPSA) is 117 Å². The lowest BCUT2D eigenvalue weighted by atomic mass is 10.0. The van der Waals surface area contributed by atoms with Crippen molar-refractivity contribution in [3.05, 3.63) is 84.4 Å². The van der Waals surface area contributed by atoms with Gasteiger partial charge in [0, 0.05) is 42.5 Å². The van der Waals surface area contributed by atoms with E-state index in [4.69, 9.17) is 10.5 Å². The smallest absolute Gasteiger partial charge is 0.453 e. The molecule has 0 saturated carbocycles. The number of alkyl halides is 3. The van der Waals surface area contributed by atoms with E-state index in [1.54, 1.807) is 12.1 Å². The second kappa shape index (κ2) is 16.9. The van der Waals surface area contributed by atoms with Crippen LogP contribution in [0, 0.1) is 5.92 Å². The van der Waals surface area contributed by atoms with Gasteiger partial charge in [-0.2, -0.15) is 0 Å². The van der Waals surface area contributed by atoms with Gasteiger partial charge in [0.25, 0.3) is 12.4 Å². The fourth-order valence-electron chi connectivity index (χ4n) is 4.52. The van der Waals surface area contributed by atoms with Gasteiger partial charge in [-0.05, 0) is 66.2 Å². The molecule has 3 unspecified atom stereocenters. The lowest BCUT2D eigenvalue weighted by Gasteiger charge is -2.32. The van der Waals surface area contributed by atoms with E-state index in [9.17, 15) is 27.9 Å². The molecule has 0 saturated heterocycles. The number of hydrogen-bond donors (Lipinski definition) is 3. The first-order chi connectivity index (χ1) is 21.3. The van der Waals surface area contributed by atoms with Gasteiger partial charge in [0.2, 0.25) is 0 Å². The molecule has 0 fully saturated rings. The van der Waals surface area contributed by atoms with Crippen molar-refractivity contribution < 1.29 is 37.3 Å². The van der Waals surface area contributed by atoms with Crippen LogP contribution >= 0.6 is 11.9 Å². The van der Waals surface area contributed by atoms with Crippen LogP contribution in [0.3, 0.4) is 0 Å². The van der Waals surface area contributed by atoms with E-state index in [-0.39, 0.29) is 31.9 Å². The van der Waals surface area contributed by atoms with Crippen LogP contribution in [0.15, 0.2) is 83.8 Å². The highest BCUT2D eigenvalue weighted by Crippen LogP contribution is 2.27. The average molecular weight is 649 g/mol. The van der Waals surface area contributed by atoms with Crippen molar-refractivity contribution in [2.24, 2.45) is 5.92 Å². The molecule has 0 radical (unpaired) electrons. The number of carbonyl (C=O) groups excluding carboxylic acids is 2. The first-order valence-electron chi connectivity index (χ1n) is 14.3. The Kier molecular flexibility index (Phi) is 13.4. The fourth-order valence-corrected chi connectivity index (χ4v) is 5.68. The molecule has 244 valence electrons. The minimum absolute atomic E-state index is 0.136. The Morgan fingerprint density at radius 2 is 1.71 bits per heavy atom. The van der Waals surface area contributed by atoms with Crippen LogP contribution in [0.5, 0.6) is 5.75 Å². The molecule has 0 aliphatic rings. The molecule has 4 N–H and O–H groups in total. The standard InChI is InChI=1S/C32H39F3N4O5S/c1-22(2)18-39(45-27-14-12-24(36)13-15-27)19-29(41)28(16-23-8-5-4-6-9-23)37-31(42)30(43-21-40)20-38(3)25-10-7-11-26(17-25)44-32(33,34)35/h4-15,17,21-22,28-30,41H,16,18-20,36H2,1-3H3,(H,37,42). The van der Waals surface area contributed by atoms with Crippen LogP contribution in [-0.2, 0) is 20.7 Å². The number of benzene rings is 3. The van der Waals surface area contributed by atoms with Gasteiger partial charge >= 0.3 is 6.36 Å². The third-order valence-electron chi connectivity index (χ3n) is 6.61. The molecule has 0 bridgehead atoms. The van der Waals surface area contributed by atoms with Crippen LogP contribution in [-0.4, -0.2) is 73.1 Å². The van der Waals surface area contributed by atoms with Crippen molar-refractivity contribution in [2.45, 2.75) is 49.8 Å². The normalized spacial score (nSPS) is 13.6. The summed E-state index contributed by atoms with van der Waals surface area (Å²) in [4.78, 5) is 27.3. The maximum Gasteiger partial charge on any atom is 0.573 e. The van der Waals surface area contributed by atoms with E-state index in [1.807, 2.05) is 46.8 Å². The Bertz CT molecular complexity index is 1350. The molecule has 0 aliphatic heterocycles. The molecular formula is C32H39F3N4O5S. The highest BCUT2D eigenvalue weighted by Gasteiger charge is 2.32. The number of ether oxygens (including phenoxy) is 2. The summed E-state index contributed by atoms with van der Waals surface area (Å²) in [6, 6.07) is 21.2. The third kappa shape index (κ3) is 12.5. The zero-order valence-corrected chi connectivity index (χ0v) is 26.1. The molecule has 3 atom stereocenters. The SMILES string of the molecule is CC(C)CN(CC(O)C(Cc1ccccc1)NC(=O)C(CN(C)c1cccc(OC(F)(F)F)c1)OC=O)Sc1ccc(N)cc1. The summed E-state index contributed by atoms with van der Waals surface area (Å²) >= 11 is 1.47. The number of nitrogens with zero attached hydrogens (tertiary/aromatic N) is 2. The molecule has 1 amide bonds. The molecule has 13 heteroatoms. The van der Waals surface area contributed by atoms with Crippen LogP contribution < -0.4 is 20.7 Å². The van der Waals surface area contributed by atoms with Crippen molar-refractivity contribution in [2.75, 3.05) is 37.3 Å². The number of amides is 1. The number of hydrogen-bond acceptors (Lipinski definition) is 9. The maximum absolute atomic E-state index is 13.5. The quantitative estimate of drug-likeness (QED) is 0.107. The molecule has 45 heavy (non-hydrogen) atoms. The molecular weight excluding hydrogens is 609 g/mol. The second-order valence-electron chi connectivity index (χ2n) is 10.9. The molecule has 3 aromatic carbocycles. The first kappa shape index (κ1) is 35.5. The van der Waals surface area contributed by atoms with Gasteiger partial charge in [-0.3, -0.25) is 9.59 Å². The van der Waals surface area contributed by atoms with Gasteiger partial charge in [-0.15, -0.1) is 13.2 Å². The van der Waals surface area contributed by atoms with E-state index in [2.05, 4.69) is 23.9 Å². The molecule has 9 nitrogen and oxygen atoms in total. The number of aliphatic hydroxyl groups excluding tert-OH is 1. The van der Waals surface area contributed by atoms with Crippen LogP contribution in [0.1, 0.15) is 19.4 Å². The van der Waals surface area contributed by atoms with E-state index in [0.717, 1.165) is 22.6 Å². The van der Waals surface area contributed by atoms with Crippen LogP contribution in [0.25, 0.3) is 0 Å². The zero-order chi connectivity index (χ0) is 33.0. The number of halogens is 3. The van der Waals surface area contributed by atoms with Gasteiger partial charge in [-0.25, -0.2) is 4.31 Å². The summed E-state index contributed by atoms with van der Waals surface area (Å²) in [7, 11) is 1.54. The number of aliphatic hydroxyl groups is 1. The summed E-state index contributed by atoms with van der Waals surface area (Å²) in [5, 5.41) is 14.4. The number of anilines is 2. The highest BCUT2D eigenvalue weighted by atomic mass is 32.2. The van der Waals surface area contributed by atoms with E-state index < -0.39 is 36.3 Å². The Labute approximate surface area is 265 Å². The molecule has 0 aromatic heterocycles. The van der Waals surface area contributed by atoms with Crippen molar-refractivity contribution >= 4 is 35.7 Å². The number of nitrogens with two attached hydrogens (primary N) is 1. The highest BCUT2D eigenvalue weighted by molar-refractivity contribution is 7.97. The molecule has 3 aromatic rings. The summed E-state index contributed by atoms with van der Waals surface area (Å²) in [5.74, 6) is -0.821. The van der Waals surface area contributed by atoms with Crippen LogP contribution in [0.4, 0.5) is 24.5 Å². The number of likely N-dealkylation sites (N-methyl/N-ethyl adjacent to an activating group) is 1. The Balaban J connectivity index is 1.78. The van der Waals surface area contributed by atoms with Crippen molar-refractivity contribution in [1.29, 1.82) is 0 Å². The van der Waals surface area contributed by atoms with E-state index in [0.29, 0.717) is 17.9 Å². The summed E-state index contributed by atoms with van der Waals surface area (Å²) < 4.78 is 49.3. The van der Waals surface area contributed by atoms with Gasteiger partial charge in [0.1, 0.15) is 5.75 Å². The minimum Gasteiger partial charge on any atom is -0.453 e. The summed E-state index contributed by atoms with van der Waals surface area (Å²) in [5.41, 5.74) is 7.64. The zero-order valence-electron chi connectivity index (χ0n) is 25.3. The predicted octanol–water partition coefficient (Wildman–Crippen LogP) is 4.90. The van der Waals surface area contributed by atoms with Crippen molar-refractivity contribution in [3.8, 4) is 5.75 Å². The van der Waals surface area contributed by atoms with E-state index >= 15 is 0 Å². The Morgan fingerprint density at radius 3 is 2.33 bits per heavy atom. The number of nitrogens with one attached hydrogen (secondary N) is 1. The molecule has 0 spiro atoms.